The lowest BCUT2D eigenvalue weighted by Gasteiger charge is -2.22. The second kappa shape index (κ2) is 5.02. The molecule has 1 aromatic rings. The third kappa shape index (κ3) is 4.70. The van der Waals surface area contributed by atoms with Gasteiger partial charge in [-0.15, -0.1) is 11.6 Å². The fourth-order valence-electron chi connectivity index (χ4n) is 1.97. The van der Waals surface area contributed by atoms with E-state index < -0.39 is 0 Å². The van der Waals surface area contributed by atoms with Gasteiger partial charge >= 0.3 is 0 Å². The molecule has 0 amide bonds. The van der Waals surface area contributed by atoms with Crippen LogP contribution in [-0.2, 0) is 12.3 Å². The van der Waals surface area contributed by atoms with Crippen LogP contribution in [0.5, 0.6) is 0 Å². The molecule has 1 atom stereocenters. The molecule has 0 saturated heterocycles. The van der Waals surface area contributed by atoms with Crippen LogP contribution in [-0.4, -0.2) is 4.98 Å². The van der Waals surface area contributed by atoms with E-state index >= 15 is 0 Å². The maximum Gasteiger partial charge on any atom is 0.209 e. The number of oxazole rings is 1. The predicted molar refractivity (Wildman–Crippen MR) is 63.0 cm³/mol. The largest absolute Gasteiger partial charge is 0.444 e. The summed E-state index contributed by atoms with van der Waals surface area (Å²) in [6, 6.07) is 0. The Labute approximate surface area is 97.0 Å². The summed E-state index contributed by atoms with van der Waals surface area (Å²) >= 11 is 5.63. The summed E-state index contributed by atoms with van der Waals surface area (Å²) in [5, 5.41) is 0. The van der Waals surface area contributed by atoms with Crippen LogP contribution < -0.4 is 0 Å². The fourth-order valence-corrected chi connectivity index (χ4v) is 2.09. The lowest BCUT2D eigenvalue weighted by molar-refractivity contribution is 0.295. The van der Waals surface area contributed by atoms with Crippen molar-refractivity contribution in [2.75, 3.05) is 0 Å². The predicted octanol–water partition coefficient (Wildman–Crippen LogP) is 4.03. The molecule has 2 nitrogen and oxygen atoms in total. The first-order valence-electron chi connectivity index (χ1n) is 5.40. The molecule has 0 N–H and O–H groups in total. The zero-order valence-electron chi connectivity index (χ0n) is 10.0. The van der Waals surface area contributed by atoms with E-state index in [1.54, 1.807) is 6.20 Å². The smallest absolute Gasteiger partial charge is 0.209 e. The van der Waals surface area contributed by atoms with Crippen molar-refractivity contribution in [3.05, 3.63) is 17.8 Å². The number of hydrogen-bond donors (Lipinski definition) is 0. The SMILES string of the molecule is CC(Cc1cnc(CCl)o1)CC(C)(C)C. The minimum absolute atomic E-state index is 0.355. The van der Waals surface area contributed by atoms with Gasteiger partial charge in [-0.1, -0.05) is 27.7 Å². The van der Waals surface area contributed by atoms with Crippen LogP contribution in [0, 0.1) is 11.3 Å². The van der Waals surface area contributed by atoms with Crippen molar-refractivity contribution in [1.29, 1.82) is 0 Å². The molecular formula is C12H20ClNO. The van der Waals surface area contributed by atoms with Crippen LogP contribution in [0.4, 0.5) is 0 Å². The van der Waals surface area contributed by atoms with Gasteiger partial charge in [0.15, 0.2) is 0 Å². The van der Waals surface area contributed by atoms with E-state index in [1.807, 2.05) is 0 Å². The van der Waals surface area contributed by atoms with E-state index in [4.69, 9.17) is 16.0 Å². The Kier molecular flexibility index (Phi) is 4.21. The normalized spacial score (nSPS) is 14.2. The van der Waals surface area contributed by atoms with Gasteiger partial charge < -0.3 is 4.42 Å². The standard InChI is InChI=1S/C12H20ClNO/c1-9(6-12(2,3)4)5-10-8-14-11(7-13)15-10/h8-9H,5-7H2,1-4H3. The van der Waals surface area contributed by atoms with Crippen LogP contribution in [0.2, 0.25) is 0 Å². The first-order chi connectivity index (χ1) is 6.90. The molecule has 3 heteroatoms. The number of halogens is 1. The average Bonchev–Trinajstić information content (AvgIpc) is 2.48. The Hall–Kier alpha value is -0.500. The zero-order valence-corrected chi connectivity index (χ0v) is 10.8. The molecule has 1 heterocycles. The van der Waals surface area contributed by atoms with Crippen molar-refractivity contribution in [3.63, 3.8) is 0 Å². The van der Waals surface area contributed by atoms with E-state index in [1.165, 1.54) is 6.42 Å². The number of rotatable bonds is 4. The van der Waals surface area contributed by atoms with E-state index in [-0.39, 0.29) is 0 Å². The molecule has 0 bridgehead atoms. The molecule has 0 aliphatic heterocycles. The van der Waals surface area contributed by atoms with Crippen molar-refractivity contribution in [1.82, 2.24) is 4.98 Å². The van der Waals surface area contributed by atoms with Gasteiger partial charge in [-0.3, -0.25) is 0 Å². The van der Waals surface area contributed by atoms with Gasteiger partial charge in [-0.2, -0.15) is 0 Å². The Balaban J connectivity index is 2.47. The highest BCUT2D eigenvalue weighted by atomic mass is 35.5. The Morgan fingerprint density at radius 1 is 1.47 bits per heavy atom. The number of aromatic nitrogens is 1. The molecule has 1 unspecified atom stereocenters. The van der Waals surface area contributed by atoms with Gasteiger partial charge in [0.05, 0.1) is 12.1 Å². The Morgan fingerprint density at radius 2 is 2.13 bits per heavy atom. The molecule has 86 valence electrons. The summed E-state index contributed by atoms with van der Waals surface area (Å²) in [7, 11) is 0. The molecular weight excluding hydrogens is 210 g/mol. The summed E-state index contributed by atoms with van der Waals surface area (Å²) in [6.07, 6.45) is 3.92. The second-order valence-corrected chi connectivity index (χ2v) is 5.70. The van der Waals surface area contributed by atoms with Crippen molar-refractivity contribution in [2.45, 2.75) is 46.4 Å². The third-order valence-corrected chi connectivity index (χ3v) is 2.45. The van der Waals surface area contributed by atoms with Crippen LogP contribution in [0.25, 0.3) is 0 Å². The van der Waals surface area contributed by atoms with Crippen molar-refractivity contribution in [2.24, 2.45) is 11.3 Å². The highest BCUT2D eigenvalue weighted by molar-refractivity contribution is 6.16. The van der Waals surface area contributed by atoms with Crippen LogP contribution in [0.3, 0.4) is 0 Å². The van der Waals surface area contributed by atoms with Gasteiger partial charge in [0.2, 0.25) is 5.89 Å². The van der Waals surface area contributed by atoms with E-state index in [2.05, 4.69) is 32.7 Å². The van der Waals surface area contributed by atoms with Crippen molar-refractivity contribution in [3.8, 4) is 0 Å². The monoisotopic (exact) mass is 229 g/mol. The van der Waals surface area contributed by atoms with Crippen LogP contribution in [0.15, 0.2) is 10.6 Å². The van der Waals surface area contributed by atoms with E-state index in [0.717, 1.165) is 12.2 Å². The average molecular weight is 230 g/mol. The molecule has 15 heavy (non-hydrogen) atoms. The zero-order chi connectivity index (χ0) is 11.5. The Morgan fingerprint density at radius 3 is 2.60 bits per heavy atom. The lowest BCUT2D eigenvalue weighted by Crippen LogP contribution is -2.12. The fraction of sp³-hybridized carbons (Fsp3) is 0.750. The molecule has 1 aromatic heterocycles. The highest BCUT2D eigenvalue weighted by Gasteiger charge is 2.16. The summed E-state index contributed by atoms with van der Waals surface area (Å²) in [4.78, 5) is 4.09. The second-order valence-electron chi connectivity index (χ2n) is 5.43. The van der Waals surface area contributed by atoms with Crippen LogP contribution >= 0.6 is 11.6 Å². The molecule has 0 aliphatic rings. The molecule has 0 fully saturated rings. The van der Waals surface area contributed by atoms with Crippen molar-refractivity contribution >= 4 is 11.6 Å². The molecule has 0 radical (unpaired) electrons. The maximum atomic E-state index is 5.63. The van der Waals surface area contributed by atoms with Gasteiger partial charge in [0.25, 0.3) is 0 Å². The third-order valence-electron chi connectivity index (χ3n) is 2.23. The number of nitrogens with zero attached hydrogens (tertiary/aromatic N) is 1. The maximum absolute atomic E-state index is 5.63. The lowest BCUT2D eigenvalue weighted by atomic mass is 9.84. The number of alkyl halides is 1. The molecule has 0 aromatic carbocycles. The minimum atomic E-state index is 0.355. The van der Waals surface area contributed by atoms with E-state index in [0.29, 0.717) is 23.1 Å². The quantitative estimate of drug-likeness (QED) is 0.729. The first kappa shape index (κ1) is 12.6. The van der Waals surface area contributed by atoms with Gasteiger partial charge in [-0.25, -0.2) is 4.98 Å². The molecule has 0 spiro atoms. The molecule has 0 aliphatic carbocycles. The first-order valence-corrected chi connectivity index (χ1v) is 5.94. The topological polar surface area (TPSA) is 26.0 Å². The summed E-state index contributed by atoms with van der Waals surface area (Å²) in [6.45, 7) is 9.02. The summed E-state index contributed by atoms with van der Waals surface area (Å²) in [5.41, 5.74) is 0.370. The molecule has 0 saturated carbocycles. The van der Waals surface area contributed by atoms with Gasteiger partial charge in [0.1, 0.15) is 5.76 Å². The van der Waals surface area contributed by atoms with Gasteiger partial charge in [-0.05, 0) is 17.8 Å². The number of hydrogen-bond acceptors (Lipinski definition) is 2. The Bertz CT molecular complexity index is 301. The van der Waals surface area contributed by atoms with E-state index in [9.17, 15) is 0 Å². The summed E-state index contributed by atoms with van der Waals surface area (Å²) < 4.78 is 5.47. The van der Waals surface area contributed by atoms with Crippen LogP contribution in [0.1, 0.15) is 45.8 Å². The minimum Gasteiger partial charge on any atom is -0.444 e. The summed E-state index contributed by atoms with van der Waals surface area (Å²) in [5.74, 6) is 2.53. The van der Waals surface area contributed by atoms with Gasteiger partial charge in [0, 0.05) is 6.42 Å². The highest BCUT2D eigenvalue weighted by Crippen LogP contribution is 2.26. The van der Waals surface area contributed by atoms with Crippen molar-refractivity contribution < 1.29 is 4.42 Å². The molecule has 1 rings (SSSR count).